The molecule has 0 bridgehead atoms. The average molecular weight is 445 g/mol. The summed E-state index contributed by atoms with van der Waals surface area (Å²) in [5.41, 5.74) is 5.36. The molecule has 154 valence electrons. The summed E-state index contributed by atoms with van der Waals surface area (Å²) < 4.78 is 2.29. The van der Waals surface area contributed by atoms with E-state index in [0.29, 0.717) is 10.1 Å². The van der Waals surface area contributed by atoms with Crippen LogP contribution in [0.5, 0.6) is 0 Å². The van der Waals surface area contributed by atoms with Crippen molar-refractivity contribution in [2.24, 2.45) is 0 Å². The van der Waals surface area contributed by atoms with Crippen LogP contribution in [0, 0.1) is 6.92 Å². The number of benzene rings is 2. The van der Waals surface area contributed by atoms with Crippen LogP contribution in [-0.2, 0) is 0 Å². The van der Waals surface area contributed by atoms with E-state index in [1.807, 2.05) is 54.7 Å². The van der Waals surface area contributed by atoms with Crippen LogP contribution in [0.4, 0.5) is 5.69 Å². The zero-order valence-electron chi connectivity index (χ0n) is 16.9. The summed E-state index contributed by atoms with van der Waals surface area (Å²) in [7, 11) is 0. The van der Waals surface area contributed by atoms with Gasteiger partial charge in [0, 0.05) is 34.0 Å². The van der Waals surface area contributed by atoms with Gasteiger partial charge in [0.25, 0.3) is 0 Å². The van der Waals surface area contributed by atoms with Crippen molar-refractivity contribution in [1.82, 2.24) is 14.9 Å². The first-order valence-corrected chi connectivity index (χ1v) is 10.9. The van der Waals surface area contributed by atoms with Crippen molar-refractivity contribution in [2.45, 2.75) is 19.0 Å². The third kappa shape index (κ3) is 3.60. The third-order valence-electron chi connectivity index (χ3n) is 5.63. The number of nitrogens with zero attached hydrogens (tertiary/aromatic N) is 3. The fourth-order valence-corrected chi connectivity index (χ4v) is 4.73. The molecule has 2 atom stereocenters. The van der Waals surface area contributed by atoms with Crippen molar-refractivity contribution in [3.8, 4) is 5.69 Å². The van der Waals surface area contributed by atoms with Crippen molar-refractivity contribution >= 4 is 34.6 Å². The highest BCUT2D eigenvalue weighted by atomic mass is 35.5. The van der Waals surface area contributed by atoms with E-state index in [2.05, 4.69) is 63.1 Å². The SMILES string of the molecule is Cc1ccc([C@H]2[C@@H](c3ccccn3)NC(=S)N2c2ccc(Cl)cc2)n1-c1ccccc1. The van der Waals surface area contributed by atoms with Crippen molar-refractivity contribution in [2.75, 3.05) is 4.90 Å². The number of hydrogen-bond donors (Lipinski definition) is 1. The number of pyridine rings is 1. The van der Waals surface area contributed by atoms with E-state index < -0.39 is 0 Å². The maximum Gasteiger partial charge on any atom is 0.174 e. The minimum atomic E-state index is -0.0962. The van der Waals surface area contributed by atoms with Crippen LogP contribution in [0.2, 0.25) is 5.02 Å². The fraction of sp³-hybridized carbons (Fsp3) is 0.120. The van der Waals surface area contributed by atoms with Gasteiger partial charge in [0.15, 0.2) is 5.11 Å². The molecule has 0 aliphatic carbocycles. The van der Waals surface area contributed by atoms with Gasteiger partial charge in [-0.3, -0.25) is 4.98 Å². The summed E-state index contributed by atoms with van der Waals surface area (Å²) in [6.07, 6.45) is 1.82. The Morgan fingerprint density at radius 3 is 2.32 bits per heavy atom. The Morgan fingerprint density at radius 1 is 0.871 bits per heavy atom. The van der Waals surface area contributed by atoms with E-state index in [1.165, 1.54) is 0 Å². The molecule has 0 saturated carbocycles. The maximum atomic E-state index is 6.16. The van der Waals surface area contributed by atoms with Crippen molar-refractivity contribution in [3.05, 3.63) is 113 Å². The van der Waals surface area contributed by atoms with Gasteiger partial charge in [0.1, 0.15) is 6.04 Å². The summed E-state index contributed by atoms with van der Waals surface area (Å²) >= 11 is 12.0. The highest BCUT2D eigenvalue weighted by Gasteiger charge is 2.42. The van der Waals surface area contributed by atoms with Gasteiger partial charge in [-0.1, -0.05) is 35.9 Å². The van der Waals surface area contributed by atoms with Gasteiger partial charge in [-0.05, 0) is 79.8 Å². The zero-order valence-corrected chi connectivity index (χ0v) is 18.5. The summed E-state index contributed by atoms with van der Waals surface area (Å²) in [6.45, 7) is 2.12. The van der Waals surface area contributed by atoms with Crippen molar-refractivity contribution < 1.29 is 0 Å². The maximum absolute atomic E-state index is 6.16. The summed E-state index contributed by atoms with van der Waals surface area (Å²) in [5.74, 6) is 0. The first kappa shape index (κ1) is 19.8. The molecule has 3 heterocycles. The van der Waals surface area contributed by atoms with Crippen LogP contribution in [0.25, 0.3) is 5.69 Å². The second kappa shape index (κ2) is 8.17. The fourth-order valence-electron chi connectivity index (χ4n) is 4.25. The molecule has 1 aliphatic heterocycles. The molecule has 1 fully saturated rings. The minimum Gasteiger partial charge on any atom is -0.351 e. The molecule has 0 radical (unpaired) electrons. The van der Waals surface area contributed by atoms with Crippen LogP contribution in [-0.4, -0.2) is 14.7 Å². The average Bonchev–Trinajstić information content (AvgIpc) is 3.35. The van der Waals surface area contributed by atoms with Crippen molar-refractivity contribution in [3.63, 3.8) is 0 Å². The molecule has 2 aromatic carbocycles. The second-order valence-electron chi connectivity index (χ2n) is 7.54. The molecular formula is C25H21ClN4S. The smallest absolute Gasteiger partial charge is 0.174 e. The Bertz CT molecular complexity index is 1210. The lowest BCUT2D eigenvalue weighted by atomic mass is 10.0. The highest BCUT2D eigenvalue weighted by molar-refractivity contribution is 7.80. The van der Waals surface area contributed by atoms with E-state index in [-0.39, 0.29) is 12.1 Å². The highest BCUT2D eigenvalue weighted by Crippen LogP contribution is 2.42. The molecule has 2 aromatic heterocycles. The quantitative estimate of drug-likeness (QED) is 0.391. The van der Waals surface area contributed by atoms with Crippen molar-refractivity contribution in [1.29, 1.82) is 0 Å². The van der Waals surface area contributed by atoms with Crippen LogP contribution < -0.4 is 10.2 Å². The molecule has 0 spiro atoms. The Kier molecular flexibility index (Phi) is 5.22. The number of para-hydroxylation sites is 1. The van der Waals surface area contributed by atoms with E-state index in [4.69, 9.17) is 23.8 Å². The number of thiocarbonyl (C=S) groups is 1. The third-order valence-corrected chi connectivity index (χ3v) is 6.19. The number of aromatic nitrogens is 2. The molecule has 1 aliphatic rings. The molecule has 4 nitrogen and oxygen atoms in total. The molecule has 31 heavy (non-hydrogen) atoms. The van der Waals surface area contributed by atoms with Gasteiger partial charge in [-0.25, -0.2) is 0 Å². The monoisotopic (exact) mass is 444 g/mol. The first-order chi connectivity index (χ1) is 15.1. The molecule has 6 heteroatoms. The van der Waals surface area contributed by atoms with Crippen LogP contribution >= 0.6 is 23.8 Å². The Hall–Kier alpha value is -3.15. The number of halogens is 1. The first-order valence-electron chi connectivity index (χ1n) is 10.1. The number of hydrogen-bond acceptors (Lipinski definition) is 2. The lowest BCUT2D eigenvalue weighted by Gasteiger charge is -2.29. The van der Waals surface area contributed by atoms with Crippen LogP contribution in [0.3, 0.4) is 0 Å². The van der Waals surface area contributed by atoms with E-state index in [0.717, 1.165) is 28.5 Å². The standard InChI is InChI=1S/C25H21ClN4S/c1-17-10-15-22(29(17)19-7-3-2-4-8-19)24-23(21-9-5-6-16-27-21)28-25(31)30(24)20-13-11-18(26)12-14-20/h2-16,23-24H,1H3,(H,28,31)/t23-,24+/m1/s1. The van der Waals surface area contributed by atoms with E-state index in [9.17, 15) is 0 Å². The normalized spacial score (nSPS) is 18.3. The molecule has 1 N–H and O–H groups in total. The lowest BCUT2D eigenvalue weighted by Crippen LogP contribution is -2.30. The molecular weight excluding hydrogens is 424 g/mol. The zero-order chi connectivity index (χ0) is 21.4. The molecule has 0 amide bonds. The van der Waals surface area contributed by atoms with Gasteiger partial charge in [-0.15, -0.1) is 0 Å². The number of rotatable bonds is 4. The Morgan fingerprint density at radius 2 is 1.61 bits per heavy atom. The van der Waals surface area contributed by atoms with E-state index >= 15 is 0 Å². The van der Waals surface area contributed by atoms with Crippen LogP contribution in [0.15, 0.2) is 91.1 Å². The summed E-state index contributed by atoms with van der Waals surface area (Å²) in [5, 5.41) is 4.88. The molecule has 4 aromatic rings. The Balaban J connectivity index is 1.70. The topological polar surface area (TPSA) is 33.1 Å². The number of anilines is 1. The van der Waals surface area contributed by atoms with E-state index in [1.54, 1.807) is 0 Å². The Labute approximate surface area is 192 Å². The molecule has 0 unspecified atom stereocenters. The largest absolute Gasteiger partial charge is 0.351 e. The van der Waals surface area contributed by atoms with Gasteiger partial charge in [0.2, 0.25) is 0 Å². The number of aryl methyl sites for hydroxylation is 1. The lowest BCUT2D eigenvalue weighted by molar-refractivity contribution is 0.548. The van der Waals surface area contributed by atoms with Gasteiger partial charge < -0.3 is 14.8 Å². The van der Waals surface area contributed by atoms with Gasteiger partial charge in [-0.2, -0.15) is 0 Å². The predicted octanol–water partition coefficient (Wildman–Crippen LogP) is 6.01. The predicted molar refractivity (Wildman–Crippen MR) is 130 cm³/mol. The second-order valence-corrected chi connectivity index (χ2v) is 8.37. The molecule has 1 saturated heterocycles. The summed E-state index contributed by atoms with van der Waals surface area (Å²) in [6, 6.07) is 28.3. The van der Waals surface area contributed by atoms with Gasteiger partial charge in [0.05, 0.1) is 11.7 Å². The minimum absolute atomic E-state index is 0.0857. The van der Waals surface area contributed by atoms with Crippen LogP contribution in [0.1, 0.15) is 29.2 Å². The van der Waals surface area contributed by atoms with Gasteiger partial charge >= 0.3 is 0 Å². The summed E-state index contributed by atoms with van der Waals surface area (Å²) in [4.78, 5) is 6.81. The molecule has 5 rings (SSSR count). The number of nitrogens with one attached hydrogen (secondary N) is 1.